The van der Waals surface area contributed by atoms with Gasteiger partial charge >= 0.3 is 0 Å². The summed E-state index contributed by atoms with van der Waals surface area (Å²) in [5, 5.41) is 10.4. The number of benzene rings is 1. The molecular formula is C11H11N3O2S. The molecule has 1 amide bonds. The maximum atomic E-state index is 11.7. The van der Waals surface area contributed by atoms with Crippen LogP contribution in [0, 0.1) is 0 Å². The van der Waals surface area contributed by atoms with Gasteiger partial charge < -0.3 is 10.8 Å². The van der Waals surface area contributed by atoms with Crippen LogP contribution in [0.15, 0.2) is 29.3 Å². The number of rotatable bonds is 0. The highest BCUT2D eigenvalue weighted by Gasteiger charge is 2.55. The van der Waals surface area contributed by atoms with Gasteiger partial charge in [0.2, 0.25) is 11.6 Å². The number of amidine groups is 1. The first-order valence-electron chi connectivity index (χ1n) is 5.17. The molecule has 0 fully saturated rings. The van der Waals surface area contributed by atoms with E-state index in [4.69, 9.17) is 5.73 Å². The molecule has 5 nitrogen and oxygen atoms in total. The lowest BCUT2D eigenvalue weighted by Crippen LogP contribution is -2.41. The minimum absolute atomic E-state index is 0.129. The van der Waals surface area contributed by atoms with Crippen LogP contribution < -0.4 is 10.6 Å². The van der Waals surface area contributed by atoms with E-state index in [0.29, 0.717) is 16.4 Å². The second-order valence-corrected chi connectivity index (χ2v) is 5.15. The summed E-state index contributed by atoms with van der Waals surface area (Å²) in [5.41, 5.74) is 5.58. The monoisotopic (exact) mass is 249 g/mol. The third-order valence-corrected chi connectivity index (χ3v) is 4.09. The first-order valence-corrected chi connectivity index (χ1v) is 6.05. The van der Waals surface area contributed by atoms with Gasteiger partial charge in [0.15, 0.2) is 5.17 Å². The van der Waals surface area contributed by atoms with Crippen molar-refractivity contribution in [1.29, 1.82) is 0 Å². The van der Waals surface area contributed by atoms with Crippen molar-refractivity contribution in [2.45, 2.75) is 18.0 Å². The van der Waals surface area contributed by atoms with Gasteiger partial charge in [-0.15, -0.1) is 0 Å². The molecular weight excluding hydrogens is 238 g/mol. The summed E-state index contributed by atoms with van der Waals surface area (Å²) >= 11 is 1.21. The molecule has 2 aliphatic rings. The van der Waals surface area contributed by atoms with Gasteiger partial charge in [-0.1, -0.05) is 30.0 Å². The van der Waals surface area contributed by atoms with Gasteiger partial charge in [0.05, 0.1) is 5.69 Å². The summed E-state index contributed by atoms with van der Waals surface area (Å²) in [5.74, 6) is -0.129. The number of carbonyl (C=O) groups is 1. The fraction of sp³-hybridized carbons (Fsp3) is 0.273. The number of fused-ring (bicyclic) bond motifs is 3. The van der Waals surface area contributed by atoms with Crippen molar-refractivity contribution in [3.8, 4) is 0 Å². The molecule has 88 valence electrons. The van der Waals surface area contributed by atoms with E-state index in [1.54, 1.807) is 17.0 Å². The van der Waals surface area contributed by atoms with E-state index in [1.807, 2.05) is 12.1 Å². The minimum Gasteiger partial charge on any atom is -0.378 e. The largest absolute Gasteiger partial charge is 0.378 e. The number of carbonyl (C=O) groups excluding carboxylic acids is 1. The molecule has 0 radical (unpaired) electrons. The maximum Gasteiger partial charge on any atom is 0.225 e. The summed E-state index contributed by atoms with van der Waals surface area (Å²) in [6.07, 6.45) is 0. The highest BCUT2D eigenvalue weighted by molar-refractivity contribution is 8.14. The van der Waals surface area contributed by atoms with Crippen LogP contribution in [0.2, 0.25) is 0 Å². The molecule has 0 bridgehead atoms. The molecule has 1 aromatic rings. The van der Waals surface area contributed by atoms with Crippen molar-refractivity contribution in [1.82, 2.24) is 0 Å². The molecule has 0 saturated heterocycles. The lowest BCUT2D eigenvalue weighted by molar-refractivity contribution is -0.117. The van der Waals surface area contributed by atoms with E-state index in [1.165, 1.54) is 18.7 Å². The molecule has 2 heterocycles. The molecule has 3 N–H and O–H groups in total. The van der Waals surface area contributed by atoms with Crippen LogP contribution in [0.5, 0.6) is 0 Å². The van der Waals surface area contributed by atoms with Crippen molar-refractivity contribution < 1.29 is 9.90 Å². The molecule has 0 saturated carbocycles. The van der Waals surface area contributed by atoms with Crippen molar-refractivity contribution in [3.05, 3.63) is 29.8 Å². The zero-order chi connectivity index (χ0) is 12.2. The number of hydrogen-bond donors (Lipinski definition) is 2. The normalized spacial score (nSPS) is 29.9. The van der Waals surface area contributed by atoms with Crippen LogP contribution in [0.1, 0.15) is 12.5 Å². The quantitative estimate of drug-likeness (QED) is 0.705. The summed E-state index contributed by atoms with van der Waals surface area (Å²) in [6, 6.07) is 7.22. The lowest BCUT2D eigenvalue weighted by Gasteiger charge is -2.24. The standard InChI is InChI=1S/C11H11N3O2S/c1-6(15)14-8-5-3-2-4-7(8)11(16)9(14)17-10(12)13-11/h2-5,9,16H,1H3,(H2,12,13)/t9-,11-/m0/s1. The van der Waals surface area contributed by atoms with Gasteiger partial charge in [0.25, 0.3) is 0 Å². The van der Waals surface area contributed by atoms with E-state index in [2.05, 4.69) is 4.99 Å². The average Bonchev–Trinajstić information content (AvgIpc) is 2.66. The van der Waals surface area contributed by atoms with Crippen LogP contribution in [0.3, 0.4) is 0 Å². The van der Waals surface area contributed by atoms with Crippen LogP contribution in [-0.2, 0) is 10.5 Å². The van der Waals surface area contributed by atoms with Crippen molar-refractivity contribution in [2.75, 3.05) is 4.90 Å². The fourth-order valence-corrected chi connectivity index (χ4v) is 3.46. The molecule has 0 unspecified atom stereocenters. The van der Waals surface area contributed by atoms with Gasteiger partial charge in [-0.05, 0) is 6.07 Å². The number of anilines is 1. The predicted molar refractivity (Wildman–Crippen MR) is 66.5 cm³/mol. The smallest absolute Gasteiger partial charge is 0.225 e. The fourth-order valence-electron chi connectivity index (χ4n) is 2.33. The van der Waals surface area contributed by atoms with Crippen molar-refractivity contribution >= 4 is 28.5 Å². The second kappa shape index (κ2) is 3.24. The number of aliphatic hydroxyl groups is 1. The maximum absolute atomic E-state index is 11.7. The molecule has 0 aromatic heterocycles. The van der Waals surface area contributed by atoms with E-state index < -0.39 is 11.1 Å². The third-order valence-electron chi connectivity index (χ3n) is 2.99. The number of thioether (sulfide) groups is 1. The Morgan fingerprint density at radius 1 is 1.59 bits per heavy atom. The van der Waals surface area contributed by atoms with Gasteiger partial charge in [-0.2, -0.15) is 0 Å². The molecule has 3 rings (SSSR count). The van der Waals surface area contributed by atoms with Gasteiger partial charge in [0, 0.05) is 12.5 Å². The third kappa shape index (κ3) is 1.25. The molecule has 0 aliphatic carbocycles. The van der Waals surface area contributed by atoms with Crippen molar-refractivity contribution in [2.24, 2.45) is 10.7 Å². The van der Waals surface area contributed by atoms with E-state index >= 15 is 0 Å². The average molecular weight is 249 g/mol. The zero-order valence-electron chi connectivity index (χ0n) is 9.12. The van der Waals surface area contributed by atoms with Gasteiger partial charge in [-0.3, -0.25) is 9.69 Å². The summed E-state index contributed by atoms with van der Waals surface area (Å²) in [6.45, 7) is 1.47. The minimum atomic E-state index is -1.41. The topological polar surface area (TPSA) is 78.9 Å². The number of nitrogens with two attached hydrogens (primary N) is 1. The number of aliphatic imine (C=N–C) groups is 1. The SMILES string of the molecule is CC(=O)N1c2ccccc2[C@@]2(O)N=C(N)S[C@H]12. The summed E-state index contributed by atoms with van der Waals surface area (Å²) < 4.78 is 0. The Balaban J connectivity index is 2.24. The Morgan fingerprint density at radius 2 is 2.29 bits per heavy atom. The number of hydrogen-bond acceptors (Lipinski definition) is 5. The van der Waals surface area contributed by atoms with Crippen LogP contribution >= 0.6 is 11.8 Å². The Hall–Kier alpha value is -1.53. The number of nitrogens with zero attached hydrogens (tertiary/aromatic N) is 2. The predicted octanol–water partition coefficient (Wildman–Crippen LogP) is 0.586. The van der Waals surface area contributed by atoms with E-state index in [0.717, 1.165) is 0 Å². The highest BCUT2D eigenvalue weighted by Crippen LogP contribution is 2.52. The molecule has 0 spiro atoms. The van der Waals surface area contributed by atoms with Crippen molar-refractivity contribution in [3.63, 3.8) is 0 Å². The Bertz CT molecular complexity index is 545. The Morgan fingerprint density at radius 3 is 3.00 bits per heavy atom. The van der Waals surface area contributed by atoms with Crippen LogP contribution in [-0.4, -0.2) is 21.6 Å². The highest BCUT2D eigenvalue weighted by atomic mass is 32.2. The zero-order valence-corrected chi connectivity index (χ0v) is 9.94. The second-order valence-electron chi connectivity index (χ2n) is 4.05. The Labute approximate surface area is 102 Å². The summed E-state index contributed by atoms with van der Waals surface area (Å²) in [4.78, 5) is 17.3. The lowest BCUT2D eigenvalue weighted by atomic mass is 10.1. The molecule has 1 aromatic carbocycles. The van der Waals surface area contributed by atoms with E-state index in [9.17, 15) is 9.90 Å². The van der Waals surface area contributed by atoms with Crippen LogP contribution in [0.4, 0.5) is 5.69 Å². The molecule has 2 aliphatic heterocycles. The Kier molecular flexibility index (Phi) is 2.02. The number of para-hydroxylation sites is 1. The summed E-state index contributed by atoms with van der Waals surface area (Å²) in [7, 11) is 0. The molecule has 6 heteroatoms. The first-order chi connectivity index (χ1) is 8.04. The first kappa shape index (κ1) is 10.6. The van der Waals surface area contributed by atoms with Crippen LogP contribution in [0.25, 0.3) is 0 Å². The number of amides is 1. The van der Waals surface area contributed by atoms with E-state index in [-0.39, 0.29) is 5.91 Å². The molecule has 17 heavy (non-hydrogen) atoms. The van der Waals surface area contributed by atoms with Gasteiger partial charge in [0.1, 0.15) is 5.37 Å². The van der Waals surface area contributed by atoms with Gasteiger partial charge in [-0.25, -0.2) is 4.99 Å². The molecule has 2 atom stereocenters.